The van der Waals surface area contributed by atoms with Gasteiger partial charge in [-0.25, -0.2) is 0 Å². The van der Waals surface area contributed by atoms with Crippen LogP contribution in [0.4, 0.5) is 0 Å². The van der Waals surface area contributed by atoms with Crippen LogP contribution in [0.15, 0.2) is 12.2 Å². The Hall–Kier alpha value is -1.14. The molecule has 0 N–H and O–H groups in total. The van der Waals surface area contributed by atoms with E-state index in [1.165, 1.54) is 6.21 Å². The van der Waals surface area contributed by atoms with E-state index >= 15 is 0 Å². The first-order chi connectivity index (χ1) is 3.39. The van der Waals surface area contributed by atoms with E-state index in [1.54, 1.807) is 18.4 Å². The predicted octanol–water partition coefficient (Wildman–Crippen LogP) is -0.225. The fourth-order valence-electron chi connectivity index (χ4n) is 0.354. The molecule has 0 bridgehead atoms. The molecule has 2 nitrogen and oxygen atoms in total. The average molecular weight is 92.1 g/mol. The van der Waals surface area contributed by atoms with Crippen LogP contribution in [0, 0.1) is 0 Å². The second kappa shape index (κ2) is 1.54. The molecule has 0 unspecified atom stereocenters. The van der Waals surface area contributed by atoms with Crippen LogP contribution in [0.2, 0.25) is 0 Å². The van der Waals surface area contributed by atoms with Crippen molar-refractivity contribution in [1.29, 1.82) is 0 Å². The van der Waals surface area contributed by atoms with Crippen molar-refractivity contribution in [2.75, 3.05) is 0 Å². The number of hydrogen-bond donors (Lipinski definition) is 0. The Kier molecular flexibility index (Phi) is 0.886. The zero-order valence-electron chi connectivity index (χ0n) is 3.70. The van der Waals surface area contributed by atoms with Crippen molar-refractivity contribution in [2.45, 2.75) is 0 Å². The summed E-state index contributed by atoms with van der Waals surface area (Å²) in [5.74, 6) is 0. The second-order valence-electron chi connectivity index (χ2n) is 1.21. The van der Waals surface area contributed by atoms with E-state index < -0.39 is 0 Å². The van der Waals surface area contributed by atoms with Gasteiger partial charge in [0.25, 0.3) is 12.4 Å². The van der Waals surface area contributed by atoms with Crippen molar-refractivity contribution in [1.82, 2.24) is 4.67 Å². The highest BCUT2D eigenvalue weighted by molar-refractivity contribution is 6.38. The average Bonchev–Trinajstić information content (AvgIpc) is 1.69. The van der Waals surface area contributed by atoms with E-state index in [-0.39, 0.29) is 5.71 Å². The second-order valence-corrected chi connectivity index (χ2v) is 1.21. The van der Waals surface area contributed by atoms with Crippen molar-refractivity contribution in [3.05, 3.63) is 17.6 Å². The third-order valence-electron chi connectivity index (χ3n) is 0.646. The van der Waals surface area contributed by atoms with Gasteiger partial charge in [0, 0.05) is 6.08 Å². The van der Waals surface area contributed by atoms with Crippen LogP contribution in [0.25, 0.3) is 5.41 Å². The Morgan fingerprint density at radius 2 is 2.43 bits per heavy atom. The van der Waals surface area contributed by atoms with E-state index in [1.807, 2.05) is 0 Å². The van der Waals surface area contributed by atoms with E-state index in [9.17, 15) is 0 Å². The van der Waals surface area contributed by atoms with E-state index in [0.29, 0.717) is 0 Å². The summed E-state index contributed by atoms with van der Waals surface area (Å²) in [7, 11) is 0. The van der Waals surface area contributed by atoms with Gasteiger partial charge in [-0.2, -0.15) is 0 Å². The molecule has 1 rings (SSSR count). The summed E-state index contributed by atoms with van der Waals surface area (Å²) < 4.78 is 3.63. The largest absolute Gasteiger partial charge is 0.798 e. The lowest BCUT2D eigenvalue weighted by Crippen LogP contribution is -1.98. The van der Waals surface area contributed by atoms with Gasteiger partial charge in [-0.05, 0) is 0 Å². The fraction of sp³-hybridized carbons (Fsp3) is 0. The number of rotatable bonds is 0. The highest BCUT2D eigenvalue weighted by atomic mass is 14.6. The monoisotopic (exact) mass is 92.0 g/mol. The first-order valence-electron chi connectivity index (χ1n) is 1.98. The molecule has 0 aromatic carbocycles. The Labute approximate surface area is 41.4 Å². The Balaban J connectivity index is 2.98. The van der Waals surface area contributed by atoms with Crippen LogP contribution < -0.4 is 4.67 Å². The standard InChI is InChI=1S/C5H4N2/c6-5-2-1-3-7-4-5/h1-4H. The summed E-state index contributed by atoms with van der Waals surface area (Å²) in [5.41, 5.74) is 0.211. The van der Waals surface area contributed by atoms with Gasteiger partial charge < -0.3 is 5.41 Å². The minimum atomic E-state index is 0.211. The van der Waals surface area contributed by atoms with Crippen molar-refractivity contribution in [2.24, 2.45) is 0 Å². The quantitative estimate of drug-likeness (QED) is 0.370. The maximum atomic E-state index is 8.57. The van der Waals surface area contributed by atoms with Crippen LogP contribution >= 0.6 is 0 Å². The SMILES string of the molecule is [N-]=C1C=CC=[N+]=C1. The van der Waals surface area contributed by atoms with Crippen molar-refractivity contribution < 1.29 is 0 Å². The first kappa shape index (κ1) is 4.03. The van der Waals surface area contributed by atoms with Gasteiger partial charge in [0.2, 0.25) is 0 Å². The topological polar surface area (TPSA) is 36.4 Å². The molecular weight excluding hydrogens is 88.1 g/mol. The van der Waals surface area contributed by atoms with Crippen LogP contribution in [-0.4, -0.2) is 18.1 Å². The zero-order valence-corrected chi connectivity index (χ0v) is 3.70. The normalized spacial score (nSPS) is 15.7. The molecule has 1 heterocycles. The molecule has 0 fully saturated rings. The third kappa shape index (κ3) is 0.845. The molecule has 0 radical (unpaired) electrons. The first-order valence-corrected chi connectivity index (χ1v) is 1.98. The summed E-state index contributed by atoms with van der Waals surface area (Å²) in [4.78, 5) is 0. The predicted molar refractivity (Wildman–Crippen MR) is 31.8 cm³/mol. The molecule has 0 amide bonds. The van der Waals surface area contributed by atoms with Crippen LogP contribution in [0.5, 0.6) is 0 Å². The molecule has 34 valence electrons. The van der Waals surface area contributed by atoms with Gasteiger partial charge in [0.05, 0.1) is 0 Å². The summed E-state index contributed by atoms with van der Waals surface area (Å²) in [6, 6.07) is 0. The molecule has 0 aromatic rings. The summed E-state index contributed by atoms with van der Waals surface area (Å²) in [6.45, 7) is 0. The van der Waals surface area contributed by atoms with Gasteiger partial charge in [-0.1, -0.05) is 11.8 Å². The number of nitrogens with zero attached hydrogens (tertiary/aromatic N) is 2. The third-order valence-corrected chi connectivity index (χ3v) is 0.646. The molecule has 0 aromatic heterocycles. The van der Waals surface area contributed by atoms with Gasteiger partial charge in [0.15, 0.2) is 0 Å². The summed E-state index contributed by atoms with van der Waals surface area (Å²) in [5, 5.41) is 8.57. The lowest BCUT2D eigenvalue weighted by atomic mass is 10.3. The summed E-state index contributed by atoms with van der Waals surface area (Å²) >= 11 is 0. The molecule has 0 spiro atoms. The van der Waals surface area contributed by atoms with E-state index in [0.717, 1.165) is 0 Å². The Bertz CT molecular complexity index is 171. The molecule has 2 heteroatoms. The smallest absolute Gasteiger partial charge is 0.292 e. The van der Waals surface area contributed by atoms with Crippen LogP contribution in [0.3, 0.4) is 0 Å². The highest BCUT2D eigenvalue weighted by Crippen LogP contribution is 1.72. The molecule has 0 atom stereocenters. The minimum absolute atomic E-state index is 0.211. The molecule has 1 aliphatic heterocycles. The Morgan fingerprint density at radius 3 is 2.71 bits per heavy atom. The van der Waals surface area contributed by atoms with Gasteiger partial charge in [-0.3, -0.25) is 0 Å². The summed E-state index contributed by atoms with van der Waals surface area (Å²) in [6.07, 6.45) is 6.25. The molecule has 1 aliphatic rings. The van der Waals surface area contributed by atoms with E-state index in [4.69, 9.17) is 5.41 Å². The fourth-order valence-corrected chi connectivity index (χ4v) is 0.354. The minimum Gasteiger partial charge on any atom is -0.798 e. The van der Waals surface area contributed by atoms with Crippen molar-refractivity contribution in [3.8, 4) is 0 Å². The maximum absolute atomic E-state index is 8.57. The van der Waals surface area contributed by atoms with E-state index in [2.05, 4.69) is 4.67 Å². The number of allylic oxidation sites excluding steroid dienone is 2. The van der Waals surface area contributed by atoms with Gasteiger partial charge in [0.1, 0.15) is 0 Å². The molecule has 0 saturated carbocycles. The maximum Gasteiger partial charge on any atom is 0.292 e. The molecular formula is C5H4N2. The van der Waals surface area contributed by atoms with Crippen molar-refractivity contribution in [3.63, 3.8) is 0 Å². The highest BCUT2D eigenvalue weighted by Gasteiger charge is 1.84. The van der Waals surface area contributed by atoms with Crippen molar-refractivity contribution >= 4 is 18.1 Å². The number of hydrogen-bond acceptors (Lipinski definition) is 0. The molecule has 0 aliphatic carbocycles. The molecule has 7 heavy (non-hydrogen) atoms. The van der Waals surface area contributed by atoms with Crippen LogP contribution in [-0.2, 0) is 0 Å². The molecule has 0 saturated heterocycles. The lowest BCUT2D eigenvalue weighted by Gasteiger charge is -1.86. The van der Waals surface area contributed by atoms with Gasteiger partial charge in [-0.15, -0.1) is 4.67 Å². The lowest BCUT2D eigenvalue weighted by molar-refractivity contribution is 1.74. The Morgan fingerprint density at radius 1 is 1.57 bits per heavy atom. The van der Waals surface area contributed by atoms with Gasteiger partial charge >= 0.3 is 0 Å². The zero-order chi connectivity index (χ0) is 5.11. The van der Waals surface area contributed by atoms with Crippen LogP contribution in [0.1, 0.15) is 0 Å².